The lowest BCUT2D eigenvalue weighted by Gasteiger charge is -2.26. The quantitative estimate of drug-likeness (QED) is 0.557. The number of likely N-dealkylation sites (N-methyl/N-ethyl adjacent to an activating group) is 1. The fraction of sp³-hybridized carbons (Fsp3) is 0.833. The number of thioether (sulfide) groups is 1. The predicted molar refractivity (Wildman–Crippen MR) is 72.4 cm³/mol. The number of rotatable bonds is 6. The maximum Gasteiger partial charge on any atom is 0.318 e. The third-order valence-corrected chi connectivity index (χ3v) is 5.21. The summed E-state index contributed by atoms with van der Waals surface area (Å²) in [5.74, 6) is 0.785. The third kappa shape index (κ3) is 2.74. The molecular weight excluding hydrogens is 250 g/mol. The second-order valence-electron chi connectivity index (χ2n) is 4.92. The summed E-state index contributed by atoms with van der Waals surface area (Å²) >= 11 is 1.94. The topological polar surface area (TPSA) is 75.4 Å². The van der Waals surface area contributed by atoms with E-state index in [1.807, 2.05) is 23.6 Å². The fourth-order valence-electron chi connectivity index (χ4n) is 2.86. The molecule has 3 amide bonds. The minimum atomic E-state index is -0.222. The second-order valence-corrected chi connectivity index (χ2v) is 6.19. The summed E-state index contributed by atoms with van der Waals surface area (Å²) in [6.45, 7) is 2.79. The Hall–Kier alpha value is -0.910. The van der Waals surface area contributed by atoms with Crippen LogP contribution in [-0.4, -0.2) is 46.5 Å². The number of nitrogens with one attached hydrogen (secondary N) is 1. The number of amides is 3. The van der Waals surface area contributed by atoms with Gasteiger partial charge < -0.3 is 16.0 Å². The molecule has 2 aliphatic rings. The third-order valence-electron chi connectivity index (χ3n) is 3.72. The van der Waals surface area contributed by atoms with Crippen LogP contribution >= 0.6 is 11.8 Å². The van der Waals surface area contributed by atoms with E-state index in [0.717, 1.165) is 31.6 Å². The lowest BCUT2D eigenvalue weighted by molar-refractivity contribution is -0.118. The lowest BCUT2D eigenvalue weighted by Crippen LogP contribution is -2.40. The molecule has 0 radical (unpaired) electrons. The lowest BCUT2D eigenvalue weighted by atomic mass is 10.0. The minimum absolute atomic E-state index is 0.0786. The normalized spacial score (nSPS) is 30.4. The first-order valence-corrected chi connectivity index (χ1v) is 7.65. The fourth-order valence-corrected chi connectivity index (χ4v) is 4.46. The SMILES string of the molecule is CCN1C(=O)N[C@H]2CS[C@@H](CCCCC(N)=O)[C@H]21. The summed E-state index contributed by atoms with van der Waals surface area (Å²) in [7, 11) is 0. The van der Waals surface area contributed by atoms with Crippen LogP contribution in [0, 0.1) is 0 Å². The Labute approximate surface area is 112 Å². The highest BCUT2D eigenvalue weighted by Crippen LogP contribution is 2.37. The molecule has 0 bridgehead atoms. The van der Waals surface area contributed by atoms with Gasteiger partial charge in [0.25, 0.3) is 0 Å². The molecule has 3 atom stereocenters. The van der Waals surface area contributed by atoms with E-state index in [2.05, 4.69) is 5.32 Å². The van der Waals surface area contributed by atoms with Crippen molar-refractivity contribution < 1.29 is 9.59 Å². The van der Waals surface area contributed by atoms with Crippen LogP contribution in [0.15, 0.2) is 0 Å². The van der Waals surface area contributed by atoms with Crippen LogP contribution in [0.25, 0.3) is 0 Å². The van der Waals surface area contributed by atoms with Gasteiger partial charge in [-0.3, -0.25) is 4.79 Å². The number of carbonyl (C=O) groups is 2. The molecule has 5 nitrogen and oxygen atoms in total. The molecule has 2 rings (SSSR count). The van der Waals surface area contributed by atoms with E-state index >= 15 is 0 Å². The van der Waals surface area contributed by atoms with Crippen LogP contribution in [0.3, 0.4) is 0 Å². The van der Waals surface area contributed by atoms with Crippen molar-refractivity contribution >= 4 is 23.7 Å². The largest absolute Gasteiger partial charge is 0.370 e. The van der Waals surface area contributed by atoms with Crippen molar-refractivity contribution in [2.75, 3.05) is 12.3 Å². The van der Waals surface area contributed by atoms with E-state index in [9.17, 15) is 9.59 Å². The standard InChI is InChI=1S/C12H21N3O2S/c1-2-15-11-8(14-12(15)17)7-18-9(11)5-3-4-6-10(13)16/h8-9,11H,2-7H2,1H3,(H2,13,16)(H,14,17)/t8-,9-,11-/m0/s1. The van der Waals surface area contributed by atoms with Gasteiger partial charge >= 0.3 is 6.03 Å². The Morgan fingerprint density at radius 2 is 2.33 bits per heavy atom. The Kier molecular flexibility index (Phi) is 4.37. The number of fused-ring (bicyclic) bond motifs is 1. The molecule has 18 heavy (non-hydrogen) atoms. The van der Waals surface area contributed by atoms with Crippen molar-refractivity contribution in [3.05, 3.63) is 0 Å². The molecule has 2 saturated heterocycles. The maximum absolute atomic E-state index is 11.7. The van der Waals surface area contributed by atoms with Crippen molar-refractivity contribution in [1.82, 2.24) is 10.2 Å². The van der Waals surface area contributed by atoms with Gasteiger partial charge in [-0.2, -0.15) is 11.8 Å². The molecule has 0 saturated carbocycles. The number of nitrogens with two attached hydrogens (primary N) is 1. The van der Waals surface area contributed by atoms with Crippen LogP contribution in [0.4, 0.5) is 4.79 Å². The molecule has 2 heterocycles. The Morgan fingerprint density at radius 1 is 1.56 bits per heavy atom. The number of hydrogen-bond acceptors (Lipinski definition) is 3. The second kappa shape index (κ2) is 5.82. The first-order valence-electron chi connectivity index (χ1n) is 6.60. The van der Waals surface area contributed by atoms with E-state index in [0.29, 0.717) is 23.8 Å². The zero-order valence-electron chi connectivity index (χ0n) is 10.7. The number of nitrogens with zero attached hydrogens (tertiary/aromatic N) is 1. The van der Waals surface area contributed by atoms with E-state index in [-0.39, 0.29) is 11.9 Å². The number of urea groups is 1. The Morgan fingerprint density at radius 3 is 3.00 bits per heavy atom. The highest BCUT2D eigenvalue weighted by molar-refractivity contribution is 8.00. The van der Waals surface area contributed by atoms with Gasteiger partial charge in [-0.1, -0.05) is 6.42 Å². The molecule has 6 heteroatoms. The first-order chi connectivity index (χ1) is 8.63. The molecular formula is C12H21N3O2S. The number of unbranched alkanes of at least 4 members (excludes halogenated alkanes) is 1. The van der Waals surface area contributed by atoms with Crippen molar-refractivity contribution in [1.29, 1.82) is 0 Å². The highest BCUT2D eigenvalue weighted by atomic mass is 32.2. The minimum Gasteiger partial charge on any atom is -0.370 e. The summed E-state index contributed by atoms with van der Waals surface area (Å²) in [4.78, 5) is 24.3. The van der Waals surface area contributed by atoms with Crippen molar-refractivity contribution in [2.24, 2.45) is 5.73 Å². The molecule has 102 valence electrons. The molecule has 3 N–H and O–H groups in total. The maximum atomic E-state index is 11.7. The van der Waals surface area contributed by atoms with Gasteiger partial charge in [0.2, 0.25) is 5.91 Å². The van der Waals surface area contributed by atoms with Gasteiger partial charge in [-0.05, 0) is 19.8 Å². The highest BCUT2D eigenvalue weighted by Gasteiger charge is 2.47. The zero-order chi connectivity index (χ0) is 13.1. The van der Waals surface area contributed by atoms with Crippen molar-refractivity contribution in [3.63, 3.8) is 0 Å². The van der Waals surface area contributed by atoms with E-state index in [1.54, 1.807) is 0 Å². The zero-order valence-corrected chi connectivity index (χ0v) is 11.5. The Balaban J connectivity index is 1.83. The molecule has 2 aliphatic heterocycles. The van der Waals surface area contributed by atoms with Gasteiger partial charge in [0.15, 0.2) is 0 Å². The van der Waals surface area contributed by atoms with Gasteiger partial charge in [0.1, 0.15) is 0 Å². The van der Waals surface area contributed by atoms with Crippen LogP contribution in [0.5, 0.6) is 0 Å². The molecule has 0 unspecified atom stereocenters. The summed E-state index contributed by atoms with van der Waals surface area (Å²) in [5, 5.41) is 3.55. The first kappa shape index (κ1) is 13.5. The van der Waals surface area contributed by atoms with Gasteiger partial charge in [0.05, 0.1) is 12.1 Å². The molecule has 0 aromatic heterocycles. The molecule has 0 aromatic rings. The average molecular weight is 271 g/mol. The van der Waals surface area contributed by atoms with Gasteiger partial charge in [-0.15, -0.1) is 0 Å². The number of primary amides is 1. The molecule has 0 aromatic carbocycles. The van der Waals surface area contributed by atoms with E-state index in [4.69, 9.17) is 5.73 Å². The van der Waals surface area contributed by atoms with Crippen LogP contribution in [0.2, 0.25) is 0 Å². The average Bonchev–Trinajstić information content (AvgIpc) is 2.82. The monoisotopic (exact) mass is 271 g/mol. The van der Waals surface area contributed by atoms with E-state index < -0.39 is 0 Å². The summed E-state index contributed by atoms with van der Waals surface area (Å²) in [5.41, 5.74) is 5.13. The number of carbonyl (C=O) groups excluding carboxylic acids is 2. The van der Waals surface area contributed by atoms with Crippen molar-refractivity contribution in [2.45, 2.75) is 49.9 Å². The van der Waals surface area contributed by atoms with E-state index in [1.165, 1.54) is 0 Å². The van der Waals surface area contributed by atoms with Gasteiger partial charge in [0, 0.05) is 24.0 Å². The van der Waals surface area contributed by atoms with Crippen molar-refractivity contribution in [3.8, 4) is 0 Å². The summed E-state index contributed by atoms with van der Waals surface area (Å²) in [6, 6.07) is 0.722. The predicted octanol–water partition coefficient (Wildman–Crippen LogP) is 0.930. The van der Waals surface area contributed by atoms with Crippen LogP contribution in [-0.2, 0) is 4.79 Å². The van der Waals surface area contributed by atoms with Gasteiger partial charge in [-0.25, -0.2) is 4.79 Å². The molecule has 2 fully saturated rings. The summed E-state index contributed by atoms with van der Waals surface area (Å²) in [6.07, 6.45) is 3.40. The number of hydrogen-bond donors (Lipinski definition) is 2. The Bertz CT molecular complexity index is 337. The molecule has 0 aliphatic carbocycles. The summed E-state index contributed by atoms with van der Waals surface area (Å²) < 4.78 is 0. The van der Waals surface area contributed by atoms with Crippen LogP contribution < -0.4 is 11.1 Å². The smallest absolute Gasteiger partial charge is 0.318 e. The molecule has 0 spiro atoms. The van der Waals surface area contributed by atoms with Crippen LogP contribution in [0.1, 0.15) is 32.6 Å².